The van der Waals surface area contributed by atoms with E-state index in [0.29, 0.717) is 38.5 Å². The second kappa shape index (κ2) is 7.41. The highest BCUT2D eigenvalue weighted by molar-refractivity contribution is 6.36. The van der Waals surface area contributed by atoms with E-state index in [9.17, 15) is 0 Å². The SMILES string of the molecule is Cc1nc(NCCCCC2CC2)c2onc(-c3ccc(Cl)cc3Cl)c2n1. The summed E-state index contributed by atoms with van der Waals surface area (Å²) in [7, 11) is 0. The first-order chi connectivity index (χ1) is 12.6. The first-order valence-electron chi connectivity index (χ1n) is 8.95. The summed E-state index contributed by atoms with van der Waals surface area (Å²) >= 11 is 12.3. The average Bonchev–Trinajstić information content (AvgIpc) is 3.33. The molecule has 0 atom stereocenters. The first-order valence-corrected chi connectivity index (χ1v) is 9.70. The van der Waals surface area contributed by atoms with E-state index in [0.717, 1.165) is 24.4 Å². The van der Waals surface area contributed by atoms with Crippen LogP contribution < -0.4 is 5.32 Å². The van der Waals surface area contributed by atoms with Crippen LogP contribution in [0.2, 0.25) is 10.0 Å². The van der Waals surface area contributed by atoms with Crippen molar-refractivity contribution in [2.45, 2.75) is 39.0 Å². The number of aromatic nitrogens is 3. The minimum absolute atomic E-state index is 0.513. The van der Waals surface area contributed by atoms with Gasteiger partial charge < -0.3 is 9.84 Å². The summed E-state index contributed by atoms with van der Waals surface area (Å²) in [5.74, 6) is 2.32. The molecule has 136 valence electrons. The van der Waals surface area contributed by atoms with Crippen molar-refractivity contribution < 1.29 is 4.52 Å². The van der Waals surface area contributed by atoms with E-state index in [1.54, 1.807) is 12.1 Å². The van der Waals surface area contributed by atoms with Gasteiger partial charge in [0, 0.05) is 17.1 Å². The molecule has 3 aromatic rings. The second-order valence-corrected chi connectivity index (χ2v) is 7.66. The van der Waals surface area contributed by atoms with Crippen LogP contribution in [0.25, 0.3) is 22.4 Å². The van der Waals surface area contributed by atoms with Gasteiger partial charge in [-0.15, -0.1) is 0 Å². The molecule has 1 saturated carbocycles. The molecular weight excluding hydrogens is 371 g/mol. The summed E-state index contributed by atoms with van der Waals surface area (Å²) in [4.78, 5) is 8.99. The molecule has 0 aliphatic heterocycles. The molecule has 0 bridgehead atoms. The third kappa shape index (κ3) is 3.79. The van der Waals surface area contributed by atoms with E-state index < -0.39 is 0 Å². The molecule has 2 heterocycles. The first kappa shape index (κ1) is 17.6. The van der Waals surface area contributed by atoms with Gasteiger partial charge in [0.15, 0.2) is 5.82 Å². The lowest BCUT2D eigenvalue weighted by Crippen LogP contribution is -2.05. The van der Waals surface area contributed by atoms with Crippen molar-refractivity contribution in [1.29, 1.82) is 0 Å². The summed E-state index contributed by atoms with van der Waals surface area (Å²) in [5.41, 5.74) is 2.55. The lowest BCUT2D eigenvalue weighted by atomic mass is 10.1. The van der Waals surface area contributed by atoms with Crippen LogP contribution in [0.4, 0.5) is 5.82 Å². The molecule has 0 radical (unpaired) electrons. The van der Waals surface area contributed by atoms with Gasteiger partial charge in [0.1, 0.15) is 17.0 Å². The quantitative estimate of drug-likeness (QED) is 0.509. The highest BCUT2D eigenvalue weighted by Crippen LogP contribution is 2.36. The number of unbranched alkanes of at least 4 members (excludes halogenated alkanes) is 1. The Balaban J connectivity index is 1.58. The molecule has 26 heavy (non-hydrogen) atoms. The maximum absolute atomic E-state index is 6.32. The topological polar surface area (TPSA) is 63.8 Å². The van der Waals surface area contributed by atoms with E-state index in [1.165, 1.54) is 25.7 Å². The number of rotatable bonds is 7. The number of nitrogens with one attached hydrogen (secondary N) is 1. The maximum atomic E-state index is 6.32. The van der Waals surface area contributed by atoms with Crippen molar-refractivity contribution in [3.05, 3.63) is 34.1 Å². The molecule has 4 rings (SSSR count). The normalized spacial score (nSPS) is 14.1. The minimum Gasteiger partial charge on any atom is -0.367 e. The molecule has 2 aromatic heterocycles. The number of benzene rings is 1. The highest BCUT2D eigenvalue weighted by atomic mass is 35.5. The number of halogens is 2. The van der Waals surface area contributed by atoms with Crippen LogP contribution in [-0.4, -0.2) is 21.7 Å². The fraction of sp³-hybridized carbons (Fsp3) is 0.421. The van der Waals surface area contributed by atoms with E-state index in [-0.39, 0.29) is 0 Å². The number of fused-ring (bicyclic) bond motifs is 1. The predicted octanol–water partition coefficient (Wildman–Crippen LogP) is 5.89. The zero-order valence-electron chi connectivity index (χ0n) is 14.6. The molecule has 1 aromatic carbocycles. The van der Waals surface area contributed by atoms with Gasteiger partial charge in [-0.25, -0.2) is 9.97 Å². The summed E-state index contributed by atoms with van der Waals surface area (Å²) < 4.78 is 5.55. The lowest BCUT2D eigenvalue weighted by molar-refractivity contribution is 0.459. The van der Waals surface area contributed by atoms with Crippen molar-refractivity contribution in [3.8, 4) is 11.3 Å². The third-order valence-electron chi connectivity index (χ3n) is 4.64. The summed E-state index contributed by atoms with van der Waals surface area (Å²) in [5, 5.41) is 8.65. The Morgan fingerprint density at radius 2 is 2.04 bits per heavy atom. The highest BCUT2D eigenvalue weighted by Gasteiger charge is 2.21. The fourth-order valence-electron chi connectivity index (χ4n) is 3.09. The average molecular weight is 391 g/mol. The molecule has 0 amide bonds. The van der Waals surface area contributed by atoms with E-state index in [2.05, 4.69) is 20.4 Å². The Kier molecular flexibility index (Phi) is 5.00. The number of hydrogen-bond donors (Lipinski definition) is 1. The second-order valence-electron chi connectivity index (χ2n) is 6.82. The Bertz CT molecular complexity index is 937. The predicted molar refractivity (Wildman–Crippen MR) is 105 cm³/mol. The maximum Gasteiger partial charge on any atom is 0.228 e. The van der Waals surface area contributed by atoms with E-state index in [4.69, 9.17) is 27.7 Å². The van der Waals surface area contributed by atoms with Gasteiger partial charge in [-0.05, 0) is 37.5 Å². The molecule has 1 aliphatic rings. The number of hydrogen-bond acceptors (Lipinski definition) is 5. The summed E-state index contributed by atoms with van der Waals surface area (Å²) in [6, 6.07) is 5.28. The monoisotopic (exact) mass is 390 g/mol. The van der Waals surface area contributed by atoms with Gasteiger partial charge in [-0.3, -0.25) is 0 Å². The molecule has 0 unspecified atom stereocenters. The molecular formula is C19H20Cl2N4O. The molecule has 0 saturated heterocycles. The zero-order chi connectivity index (χ0) is 18.1. The van der Waals surface area contributed by atoms with E-state index >= 15 is 0 Å². The molecule has 1 N–H and O–H groups in total. The van der Waals surface area contributed by atoms with Crippen molar-refractivity contribution in [3.63, 3.8) is 0 Å². The molecule has 1 aliphatic carbocycles. The van der Waals surface area contributed by atoms with Gasteiger partial charge in [0.05, 0.1) is 5.02 Å². The van der Waals surface area contributed by atoms with E-state index in [1.807, 2.05) is 13.0 Å². The molecule has 0 spiro atoms. The van der Waals surface area contributed by atoms with Crippen LogP contribution in [0.15, 0.2) is 22.7 Å². The minimum atomic E-state index is 0.513. The van der Waals surface area contributed by atoms with Gasteiger partial charge in [-0.2, -0.15) is 0 Å². The smallest absolute Gasteiger partial charge is 0.228 e. The van der Waals surface area contributed by atoms with Crippen LogP contribution in [0.1, 0.15) is 37.9 Å². The summed E-state index contributed by atoms with van der Waals surface area (Å²) in [6.07, 6.45) is 6.51. The van der Waals surface area contributed by atoms with Crippen LogP contribution in [0, 0.1) is 12.8 Å². The molecule has 5 nitrogen and oxygen atoms in total. The van der Waals surface area contributed by atoms with Gasteiger partial charge >= 0.3 is 0 Å². The summed E-state index contributed by atoms with van der Waals surface area (Å²) in [6.45, 7) is 2.72. The fourth-order valence-corrected chi connectivity index (χ4v) is 3.59. The van der Waals surface area contributed by atoms with Crippen molar-refractivity contribution in [1.82, 2.24) is 15.1 Å². The van der Waals surface area contributed by atoms with Gasteiger partial charge in [0.25, 0.3) is 0 Å². The number of anilines is 1. The van der Waals surface area contributed by atoms with Gasteiger partial charge in [-0.1, -0.05) is 54.0 Å². The number of aryl methyl sites for hydroxylation is 1. The van der Waals surface area contributed by atoms with Crippen molar-refractivity contribution >= 4 is 40.1 Å². The third-order valence-corrected chi connectivity index (χ3v) is 5.19. The largest absolute Gasteiger partial charge is 0.367 e. The van der Waals surface area contributed by atoms with Gasteiger partial charge in [0.2, 0.25) is 5.58 Å². The lowest BCUT2D eigenvalue weighted by Gasteiger charge is -2.06. The Morgan fingerprint density at radius 3 is 2.81 bits per heavy atom. The van der Waals surface area contributed by atoms with Crippen LogP contribution in [0.5, 0.6) is 0 Å². The van der Waals surface area contributed by atoms with Crippen LogP contribution in [-0.2, 0) is 0 Å². The Morgan fingerprint density at radius 1 is 1.19 bits per heavy atom. The Labute approximate surface area is 162 Å². The standard InChI is InChI=1S/C19H20Cl2N4O/c1-11-23-17-16(14-8-7-13(20)10-15(14)21)25-26-18(17)19(24-11)22-9-3-2-4-12-5-6-12/h7-8,10,12H,2-6,9H2,1H3,(H,22,23,24). The van der Waals surface area contributed by atoms with Crippen molar-refractivity contribution in [2.75, 3.05) is 11.9 Å². The van der Waals surface area contributed by atoms with Crippen LogP contribution >= 0.6 is 23.2 Å². The molecule has 7 heteroatoms. The van der Waals surface area contributed by atoms with Crippen molar-refractivity contribution in [2.24, 2.45) is 5.92 Å². The van der Waals surface area contributed by atoms with Crippen LogP contribution in [0.3, 0.4) is 0 Å². The molecule has 1 fully saturated rings. The zero-order valence-corrected chi connectivity index (χ0v) is 16.1. The number of nitrogens with zero attached hydrogens (tertiary/aromatic N) is 3. The Hall–Kier alpha value is -1.85.